The van der Waals surface area contributed by atoms with Crippen molar-refractivity contribution in [1.29, 1.82) is 0 Å². The second-order valence-corrected chi connectivity index (χ2v) is 8.37. The van der Waals surface area contributed by atoms with Crippen LogP contribution in [0.4, 0.5) is 17.5 Å². The van der Waals surface area contributed by atoms with Gasteiger partial charge in [-0.15, -0.1) is 0 Å². The molecule has 0 bridgehead atoms. The van der Waals surface area contributed by atoms with Crippen LogP contribution in [0.3, 0.4) is 0 Å². The van der Waals surface area contributed by atoms with Crippen LogP contribution in [-0.2, 0) is 21.1 Å². The highest BCUT2D eigenvalue weighted by molar-refractivity contribution is 7.90. The molecule has 2 heterocycles. The molecule has 0 atom stereocenters. The zero-order valence-electron chi connectivity index (χ0n) is 16.6. The van der Waals surface area contributed by atoms with Crippen LogP contribution < -0.4 is 15.4 Å². The van der Waals surface area contributed by atoms with E-state index in [-0.39, 0.29) is 28.8 Å². The highest BCUT2D eigenvalue weighted by Gasteiger charge is 2.18. The van der Waals surface area contributed by atoms with E-state index in [1.807, 2.05) is 0 Å². The molecule has 3 N–H and O–H groups in total. The molecule has 0 aliphatic heterocycles. The van der Waals surface area contributed by atoms with E-state index in [1.165, 1.54) is 37.4 Å². The summed E-state index contributed by atoms with van der Waals surface area (Å²) in [6.07, 6.45) is 1.99. The van der Waals surface area contributed by atoms with Crippen LogP contribution >= 0.6 is 0 Å². The number of nitrogens with one attached hydrogen (secondary N) is 2. The van der Waals surface area contributed by atoms with Gasteiger partial charge >= 0.3 is 5.97 Å². The van der Waals surface area contributed by atoms with Gasteiger partial charge in [-0.1, -0.05) is 12.1 Å². The average Bonchev–Trinajstić information content (AvgIpc) is 2.73. The number of pyridine rings is 1. The van der Waals surface area contributed by atoms with Crippen LogP contribution in [-0.4, -0.2) is 42.8 Å². The molecule has 11 nitrogen and oxygen atoms in total. The van der Waals surface area contributed by atoms with Crippen LogP contribution in [0.5, 0.6) is 5.75 Å². The van der Waals surface area contributed by atoms with Gasteiger partial charge in [0.05, 0.1) is 12.7 Å². The number of phenols is 1. The third-order valence-corrected chi connectivity index (χ3v) is 4.88. The molecule has 31 heavy (non-hydrogen) atoms. The summed E-state index contributed by atoms with van der Waals surface area (Å²) >= 11 is 0. The largest absolute Gasteiger partial charge is 0.711 e. The molecule has 0 aliphatic carbocycles. The predicted molar refractivity (Wildman–Crippen MR) is 111 cm³/mol. The number of anilines is 3. The maximum absolute atomic E-state index is 12.2. The van der Waals surface area contributed by atoms with Crippen LogP contribution in [0.1, 0.15) is 15.9 Å². The first-order valence-electron chi connectivity index (χ1n) is 8.85. The molecule has 0 spiro atoms. The van der Waals surface area contributed by atoms with Crippen LogP contribution in [0.2, 0.25) is 0 Å². The minimum atomic E-state index is -3.74. The number of carbonyl (C=O) groups excluding carboxylic acids is 1. The van der Waals surface area contributed by atoms with Gasteiger partial charge in [-0.25, -0.2) is 28.2 Å². The molecule has 3 rings (SSSR count). The smallest absolute Gasteiger partial charge is 0.341 e. The fourth-order valence-electron chi connectivity index (χ4n) is 2.50. The van der Waals surface area contributed by atoms with E-state index in [2.05, 4.69) is 25.3 Å². The number of aromatic nitrogens is 3. The second-order valence-electron chi connectivity index (χ2n) is 6.46. The Morgan fingerprint density at radius 1 is 1.16 bits per heavy atom. The highest BCUT2D eigenvalue weighted by atomic mass is 32.2. The molecule has 0 saturated heterocycles. The molecule has 0 saturated carbocycles. The van der Waals surface area contributed by atoms with Crippen molar-refractivity contribution in [3.63, 3.8) is 0 Å². The van der Waals surface area contributed by atoms with E-state index < -0.39 is 21.0 Å². The number of hydrogen-bond donors (Lipinski definition) is 3. The molecule has 0 radical (unpaired) electrons. The van der Waals surface area contributed by atoms with Crippen molar-refractivity contribution < 1.29 is 27.8 Å². The Balaban J connectivity index is 1.88. The number of esters is 1. The van der Waals surface area contributed by atoms with Crippen LogP contribution in [0, 0.1) is 5.21 Å². The van der Waals surface area contributed by atoms with E-state index in [9.17, 15) is 23.5 Å². The number of phenolic OH excluding ortho intramolecular Hbond substituents is 1. The van der Waals surface area contributed by atoms with E-state index in [0.29, 0.717) is 11.3 Å². The number of aromatic hydroxyl groups is 1. The highest BCUT2D eigenvalue weighted by Crippen LogP contribution is 2.19. The molecule has 1 aromatic carbocycles. The third kappa shape index (κ3) is 5.57. The molecular formula is C19H19N5O6S. The number of ether oxygens (including phenoxy) is 1. The number of carbonyl (C=O) groups is 1. The lowest BCUT2D eigenvalue weighted by molar-refractivity contribution is -0.590. The van der Waals surface area contributed by atoms with Gasteiger partial charge in [-0.2, -0.15) is 4.98 Å². The molecule has 0 aliphatic rings. The van der Waals surface area contributed by atoms with E-state index in [1.54, 1.807) is 12.1 Å². The summed E-state index contributed by atoms with van der Waals surface area (Å²) in [5.41, 5.74) is 0.876. The lowest BCUT2D eigenvalue weighted by Gasteiger charge is -2.11. The summed E-state index contributed by atoms with van der Waals surface area (Å²) in [4.78, 5) is 19.5. The van der Waals surface area contributed by atoms with Crippen molar-refractivity contribution in [2.75, 3.05) is 24.0 Å². The van der Waals surface area contributed by atoms with E-state index in [0.717, 1.165) is 18.0 Å². The molecule has 3 aromatic rings. The SMILES string of the molecule is COC(=O)c1ccc(Nc2cc(NCc3ccc(O)cc3)nc(S(C)(=O)=O)n2)[n+]([O-])c1. The first-order valence-corrected chi connectivity index (χ1v) is 10.7. The van der Waals surface area contributed by atoms with E-state index in [4.69, 9.17) is 0 Å². The molecule has 2 aromatic heterocycles. The molecule has 12 heteroatoms. The van der Waals surface area contributed by atoms with Crippen molar-refractivity contribution >= 4 is 33.3 Å². The van der Waals surface area contributed by atoms with Crippen molar-refractivity contribution in [3.05, 3.63) is 65.0 Å². The molecule has 0 unspecified atom stereocenters. The average molecular weight is 445 g/mol. The Morgan fingerprint density at radius 3 is 2.45 bits per heavy atom. The Labute approximate surface area is 177 Å². The first-order chi connectivity index (χ1) is 14.7. The number of benzene rings is 1. The summed E-state index contributed by atoms with van der Waals surface area (Å²) < 4.78 is 29.0. The quantitative estimate of drug-likeness (QED) is 0.210. The number of nitrogens with zero attached hydrogens (tertiary/aromatic N) is 3. The van der Waals surface area contributed by atoms with Gasteiger partial charge in [0.25, 0.3) is 11.0 Å². The monoisotopic (exact) mass is 445 g/mol. The lowest BCUT2D eigenvalue weighted by Crippen LogP contribution is -2.31. The summed E-state index contributed by atoms with van der Waals surface area (Å²) in [5.74, 6) is -0.275. The maximum atomic E-state index is 12.2. The maximum Gasteiger partial charge on any atom is 0.341 e. The molecule has 0 fully saturated rings. The second kappa shape index (κ2) is 8.83. The standard InChI is InChI=1S/C19H19N5O6S/c1-30-18(26)13-5-8-17(24(27)11-13)21-16-9-15(22-19(23-16)31(2,28)29)20-10-12-3-6-14(25)7-4-12/h3-9,11,25H,10H2,1-2H3,(H2,20,21,22,23). The van der Waals surface area contributed by atoms with Crippen LogP contribution in [0.25, 0.3) is 0 Å². The Morgan fingerprint density at radius 2 is 1.84 bits per heavy atom. The predicted octanol–water partition coefficient (Wildman–Crippen LogP) is 1.36. The van der Waals surface area contributed by atoms with Gasteiger partial charge < -0.3 is 20.4 Å². The minimum Gasteiger partial charge on any atom is -0.711 e. The van der Waals surface area contributed by atoms with Gasteiger partial charge in [0, 0.05) is 24.9 Å². The normalized spacial score (nSPS) is 11.0. The number of rotatable bonds is 7. The van der Waals surface area contributed by atoms with Crippen molar-refractivity contribution in [2.24, 2.45) is 0 Å². The number of hydrogen-bond acceptors (Lipinski definition) is 10. The van der Waals surface area contributed by atoms with Gasteiger partial charge in [-0.05, 0) is 23.8 Å². The van der Waals surface area contributed by atoms with Gasteiger partial charge in [0.15, 0.2) is 0 Å². The summed E-state index contributed by atoms with van der Waals surface area (Å²) in [5, 5.41) is 26.8. The minimum absolute atomic E-state index is 0.00953. The summed E-state index contributed by atoms with van der Waals surface area (Å²) in [6, 6.07) is 10.6. The van der Waals surface area contributed by atoms with Crippen molar-refractivity contribution in [3.8, 4) is 5.75 Å². The van der Waals surface area contributed by atoms with Crippen LogP contribution in [0.15, 0.2) is 53.8 Å². The summed E-state index contributed by atoms with van der Waals surface area (Å²) in [6.45, 7) is 0.301. The third-order valence-electron chi connectivity index (χ3n) is 4.04. The fraction of sp³-hybridized carbons (Fsp3) is 0.158. The number of methoxy groups -OCH3 is 1. The van der Waals surface area contributed by atoms with Crippen molar-refractivity contribution in [1.82, 2.24) is 9.97 Å². The Bertz CT molecular complexity index is 1210. The molecule has 162 valence electrons. The zero-order chi connectivity index (χ0) is 22.6. The summed E-state index contributed by atoms with van der Waals surface area (Å²) in [7, 11) is -2.54. The molecule has 0 amide bonds. The first kappa shape index (κ1) is 21.8. The molecular weight excluding hydrogens is 426 g/mol. The Kier molecular flexibility index (Phi) is 6.20. The Hall–Kier alpha value is -3.93. The van der Waals surface area contributed by atoms with Gasteiger partial charge in [0.2, 0.25) is 15.7 Å². The van der Waals surface area contributed by atoms with Gasteiger partial charge in [0.1, 0.15) is 17.8 Å². The lowest BCUT2D eigenvalue weighted by atomic mass is 10.2. The number of sulfone groups is 1. The van der Waals surface area contributed by atoms with Crippen molar-refractivity contribution in [2.45, 2.75) is 11.7 Å². The topological polar surface area (TPSA) is 157 Å². The van der Waals surface area contributed by atoms with E-state index >= 15 is 0 Å². The zero-order valence-corrected chi connectivity index (χ0v) is 17.4. The van der Waals surface area contributed by atoms with Gasteiger partial charge in [-0.3, -0.25) is 0 Å². The fourth-order valence-corrected chi connectivity index (χ4v) is 3.03.